The van der Waals surface area contributed by atoms with E-state index in [4.69, 9.17) is 4.74 Å². The molecule has 1 saturated carbocycles. The fourth-order valence-electron chi connectivity index (χ4n) is 3.29. The number of amides is 1. The zero-order valence-electron chi connectivity index (χ0n) is 14.6. The van der Waals surface area contributed by atoms with E-state index in [-0.39, 0.29) is 18.0 Å². The Hall–Kier alpha value is -2.41. The first-order valence-electron chi connectivity index (χ1n) is 8.75. The molecule has 0 radical (unpaired) electrons. The summed E-state index contributed by atoms with van der Waals surface area (Å²) in [5.74, 6) is 0.765. The van der Waals surface area contributed by atoms with E-state index >= 15 is 0 Å². The predicted molar refractivity (Wildman–Crippen MR) is 92.5 cm³/mol. The molecule has 25 heavy (non-hydrogen) atoms. The highest BCUT2D eigenvalue weighted by Gasteiger charge is 2.33. The van der Waals surface area contributed by atoms with Crippen LogP contribution in [0.4, 0.5) is 0 Å². The number of aromatic nitrogens is 3. The third kappa shape index (κ3) is 3.24. The van der Waals surface area contributed by atoms with Crippen molar-refractivity contribution in [3.63, 3.8) is 0 Å². The van der Waals surface area contributed by atoms with E-state index in [2.05, 4.69) is 33.5 Å². The van der Waals surface area contributed by atoms with Crippen LogP contribution in [0.2, 0.25) is 0 Å². The second-order valence-corrected chi connectivity index (χ2v) is 6.86. The summed E-state index contributed by atoms with van der Waals surface area (Å²) in [4.78, 5) is 14.6. The van der Waals surface area contributed by atoms with Crippen molar-refractivity contribution in [3.05, 3.63) is 41.7 Å². The van der Waals surface area contributed by atoms with Crippen LogP contribution in [0.5, 0.6) is 5.75 Å². The molecule has 2 aromatic rings. The maximum absolute atomic E-state index is 12.3. The zero-order chi connectivity index (χ0) is 17.4. The number of likely N-dealkylation sites (tertiary alicyclic amines) is 1. The summed E-state index contributed by atoms with van der Waals surface area (Å²) in [5, 5.41) is 11.1. The maximum Gasteiger partial charge on any atom is 0.273 e. The molecule has 0 bridgehead atoms. The Kier molecular flexibility index (Phi) is 4.17. The van der Waals surface area contributed by atoms with Gasteiger partial charge < -0.3 is 10.1 Å². The number of nitrogens with zero attached hydrogens (tertiary/aromatic N) is 4. The lowest BCUT2D eigenvalue weighted by Crippen LogP contribution is -2.59. The molecule has 4 rings (SSSR count). The molecule has 1 aromatic carbocycles. The van der Waals surface area contributed by atoms with E-state index in [9.17, 15) is 4.79 Å². The predicted octanol–water partition coefficient (Wildman–Crippen LogP) is 1.80. The molecule has 1 amide bonds. The first-order valence-corrected chi connectivity index (χ1v) is 8.75. The van der Waals surface area contributed by atoms with Crippen LogP contribution in [0.25, 0.3) is 0 Å². The standard InChI is InChI=1S/C18H23N5O2/c1-12(15-5-3-4-6-17(15)25-2)22-9-13(10-22)19-18(24)16-11-23(21-20-16)14-7-8-14/h3-6,11-14H,7-10H2,1-2H3,(H,19,24). The van der Waals surface area contributed by atoms with Crippen molar-refractivity contribution in [1.82, 2.24) is 25.2 Å². The zero-order valence-corrected chi connectivity index (χ0v) is 14.6. The number of benzene rings is 1. The SMILES string of the molecule is COc1ccccc1C(C)N1CC(NC(=O)c2cn(C3CC3)nn2)C1. The van der Waals surface area contributed by atoms with Gasteiger partial charge in [0.05, 0.1) is 25.4 Å². The summed E-state index contributed by atoms with van der Waals surface area (Å²) in [6.45, 7) is 3.81. The van der Waals surface area contributed by atoms with Crippen molar-refractivity contribution in [2.45, 2.75) is 37.9 Å². The maximum atomic E-state index is 12.3. The summed E-state index contributed by atoms with van der Waals surface area (Å²) in [7, 11) is 1.69. The topological polar surface area (TPSA) is 72.3 Å². The van der Waals surface area contributed by atoms with Gasteiger partial charge in [-0.3, -0.25) is 9.69 Å². The summed E-state index contributed by atoms with van der Waals surface area (Å²) < 4.78 is 7.24. The van der Waals surface area contributed by atoms with Crippen LogP contribution in [-0.4, -0.2) is 52.0 Å². The molecule has 2 aliphatic rings. The van der Waals surface area contributed by atoms with Crippen molar-refractivity contribution < 1.29 is 9.53 Å². The van der Waals surface area contributed by atoms with Crippen LogP contribution in [0.3, 0.4) is 0 Å². The van der Waals surface area contributed by atoms with E-state index in [1.165, 1.54) is 5.56 Å². The minimum absolute atomic E-state index is 0.138. The van der Waals surface area contributed by atoms with Gasteiger partial charge in [-0.2, -0.15) is 0 Å². The molecule has 2 fully saturated rings. The monoisotopic (exact) mass is 341 g/mol. The molecule has 0 spiro atoms. The Balaban J connectivity index is 1.31. The first kappa shape index (κ1) is 16.1. The van der Waals surface area contributed by atoms with E-state index < -0.39 is 0 Å². The van der Waals surface area contributed by atoms with Gasteiger partial charge in [-0.25, -0.2) is 4.68 Å². The Morgan fingerprint density at radius 3 is 2.80 bits per heavy atom. The number of rotatable bonds is 6. The Bertz CT molecular complexity index is 764. The third-order valence-corrected chi connectivity index (χ3v) is 5.05. The van der Waals surface area contributed by atoms with Gasteiger partial charge in [-0.15, -0.1) is 5.10 Å². The Morgan fingerprint density at radius 2 is 2.08 bits per heavy atom. The van der Waals surface area contributed by atoms with Crippen molar-refractivity contribution in [2.24, 2.45) is 0 Å². The van der Waals surface area contributed by atoms with Gasteiger partial charge in [0.2, 0.25) is 0 Å². The summed E-state index contributed by atoms with van der Waals surface area (Å²) in [5.41, 5.74) is 1.57. The molecule has 1 aliphatic heterocycles. The van der Waals surface area contributed by atoms with Gasteiger partial charge in [-0.1, -0.05) is 23.4 Å². The molecular formula is C18H23N5O2. The van der Waals surface area contributed by atoms with Crippen molar-refractivity contribution >= 4 is 5.91 Å². The van der Waals surface area contributed by atoms with Crippen molar-refractivity contribution in [1.29, 1.82) is 0 Å². The van der Waals surface area contributed by atoms with E-state index in [1.54, 1.807) is 18.0 Å². The lowest BCUT2D eigenvalue weighted by atomic mass is 9.99. The number of para-hydroxylation sites is 1. The minimum atomic E-state index is -0.138. The van der Waals surface area contributed by atoms with Crippen LogP contribution >= 0.6 is 0 Å². The molecule has 7 nitrogen and oxygen atoms in total. The van der Waals surface area contributed by atoms with E-state index in [0.717, 1.165) is 31.7 Å². The summed E-state index contributed by atoms with van der Waals surface area (Å²) in [6, 6.07) is 8.91. The highest BCUT2D eigenvalue weighted by atomic mass is 16.5. The molecule has 1 unspecified atom stereocenters. The third-order valence-electron chi connectivity index (χ3n) is 5.05. The van der Waals surface area contributed by atoms with Crippen molar-refractivity contribution in [2.75, 3.05) is 20.2 Å². The number of nitrogens with one attached hydrogen (secondary N) is 1. The molecule has 2 heterocycles. The van der Waals surface area contributed by atoms with Crippen LogP contribution < -0.4 is 10.1 Å². The van der Waals surface area contributed by atoms with Crippen LogP contribution in [-0.2, 0) is 0 Å². The number of carbonyl (C=O) groups is 1. The Labute approximate surface area is 147 Å². The average Bonchev–Trinajstić information content (AvgIpc) is 3.33. The molecule has 7 heteroatoms. The normalized spacial score (nSPS) is 19.3. The molecule has 1 aliphatic carbocycles. The quantitative estimate of drug-likeness (QED) is 0.867. The lowest BCUT2D eigenvalue weighted by molar-refractivity contribution is 0.0666. The van der Waals surface area contributed by atoms with Gasteiger partial charge in [0, 0.05) is 24.7 Å². The fraction of sp³-hybridized carbons (Fsp3) is 0.500. The Morgan fingerprint density at radius 1 is 1.32 bits per heavy atom. The number of ether oxygens (including phenoxy) is 1. The second-order valence-electron chi connectivity index (χ2n) is 6.86. The number of hydrogen-bond acceptors (Lipinski definition) is 5. The first-order chi connectivity index (χ1) is 12.2. The van der Waals surface area contributed by atoms with Crippen LogP contribution in [0.15, 0.2) is 30.5 Å². The molecule has 1 saturated heterocycles. The molecule has 132 valence electrons. The molecule has 1 N–H and O–H groups in total. The van der Waals surface area contributed by atoms with E-state index in [1.807, 2.05) is 18.2 Å². The summed E-state index contributed by atoms with van der Waals surface area (Å²) >= 11 is 0. The number of hydrogen-bond donors (Lipinski definition) is 1. The van der Waals surface area contributed by atoms with Gasteiger partial charge in [0.1, 0.15) is 5.75 Å². The molecule has 1 aromatic heterocycles. The minimum Gasteiger partial charge on any atom is -0.496 e. The van der Waals surface area contributed by atoms with Gasteiger partial charge >= 0.3 is 0 Å². The van der Waals surface area contributed by atoms with Gasteiger partial charge in [0.25, 0.3) is 5.91 Å². The fourth-order valence-corrected chi connectivity index (χ4v) is 3.29. The van der Waals surface area contributed by atoms with Gasteiger partial charge in [0.15, 0.2) is 5.69 Å². The smallest absolute Gasteiger partial charge is 0.273 e. The number of methoxy groups -OCH3 is 1. The summed E-state index contributed by atoms with van der Waals surface area (Å²) in [6.07, 6.45) is 4.01. The molecule has 1 atom stereocenters. The highest BCUT2D eigenvalue weighted by molar-refractivity contribution is 5.92. The lowest BCUT2D eigenvalue weighted by Gasteiger charge is -2.43. The largest absolute Gasteiger partial charge is 0.496 e. The van der Waals surface area contributed by atoms with Gasteiger partial charge in [-0.05, 0) is 25.8 Å². The van der Waals surface area contributed by atoms with Crippen molar-refractivity contribution in [3.8, 4) is 5.75 Å². The highest BCUT2D eigenvalue weighted by Crippen LogP contribution is 2.34. The second kappa shape index (κ2) is 6.48. The average molecular weight is 341 g/mol. The van der Waals surface area contributed by atoms with E-state index in [0.29, 0.717) is 11.7 Å². The van der Waals surface area contributed by atoms with Crippen LogP contribution in [0, 0.1) is 0 Å². The number of carbonyl (C=O) groups excluding carboxylic acids is 1. The van der Waals surface area contributed by atoms with Crippen LogP contribution in [0.1, 0.15) is 47.9 Å². The molecular weight excluding hydrogens is 318 g/mol.